The number of imidazole rings is 1. The number of alkyl halides is 2. The second-order valence-electron chi connectivity index (χ2n) is 9.92. The molecule has 8 nitrogen and oxygen atoms in total. The molecule has 0 amide bonds. The number of carbonyl (C=O) groups excluding carboxylic acids is 1. The number of esters is 1. The summed E-state index contributed by atoms with van der Waals surface area (Å²) in [6, 6.07) is 7.81. The van der Waals surface area contributed by atoms with Crippen LogP contribution in [0.4, 0.5) is 13.2 Å². The molecule has 0 atom stereocenters. The quantitative estimate of drug-likeness (QED) is 0.292. The third-order valence-corrected chi connectivity index (χ3v) is 7.37. The smallest absolute Gasteiger partial charge is 0.387 e. The molecule has 210 valence electrons. The van der Waals surface area contributed by atoms with Crippen molar-refractivity contribution >= 4 is 11.6 Å². The van der Waals surface area contributed by atoms with Crippen LogP contribution in [0.1, 0.15) is 55.4 Å². The van der Waals surface area contributed by atoms with Crippen LogP contribution in [0.3, 0.4) is 0 Å². The van der Waals surface area contributed by atoms with E-state index in [9.17, 15) is 18.7 Å². The minimum absolute atomic E-state index is 0.0624. The van der Waals surface area contributed by atoms with Crippen LogP contribution in [-0.4, -0.2) is 43.6 Å². The number of fused-ring (bicyclic) bond motifs is 1. The molecule has 4 aromatic rings. The fraction of sp³-hybridized carbons (Fsp3) is 0.379. The number of carbonyl (C=O) groups is 1. The molecule has 0 unspecified atom stereocenters. The van der Waals surface area contributed by atoms with E-state index >= 15 is 4.39 Å². The van der Waals surface area contributed by atoms with Crippen molar-refractivity contribution in [2.45, 2.75) is 58.2 Å². The molecule has 3 aromatic heterocycles. The van der Waals surface area contributed by atoms with E-state index in [2.05, 4.69) is 19.7 Å². The monoisotopic (exact) mass is 554 g/mol. The summed E-state index contributed by atoms with van der Waals surface area (Å²) >= 11 is 0. The van der Waals surface area contributed by atoms with E-state index in [0.717, 1.165) is 0 Å². The van der Waals surface area contributed by atoms with E-state index in [-0.39, 0.29) is 35.4 Å². The zero-order valence-electron chi connectivity index (χ0n) is 22.1. The second-order valence-corrected chi connectivity index (χ2v) is 9.92. The van der Waals surface area contributed by atoms with Crippen molar-refractivity contribution in [3.05, 3.63) is 77.5 Å². The Balaban J connectivity index is 1.41. The highest BCUT2D eigenvalue weighted by Crippen LogP contribution is 2.39. The minimum Gasteiger partial charge on any atom is -0.466 e. The SMILES string of the molecule is CCOC(=O)C1CCC(O)(c2ncc(-c3cn4c(Cc5ccccc5OC(F)F)c(C)nc4cc3F)cn2)CC1. The minimum atomic E-state index is -2.96. The first kappa shape index (κ1) is 27.6. The maximum absolute atomic E-state index is 15.2. The Morgan fingerprint density at radius 3 is 2.58 bits per heavy atom. The third-order valence-electron chi connectivity index (χ3n) is 7.37. The number of hydrogen-bond donors (Lipinski definition) is 1. The van der Waals surface area contributed by atoms with Crippen molar-refractivity contribution in [3.8, 4) is 16.9 Å². The zero-order valence-corrected chi connectivity index (χ0v) is 22.1. The molecule has 1 aromatic carbocycles. The molecule has 11 heteroatoms. The highest BCUT2D eigenvalue weighted by molar-refractivity contribution is 5.72. The number of hydrogen-bond acceptors (Lipinski definition) is 7. The van der Waals surface area contributed by atoms with Crippen LogP contribution in [0.25, 0.3) is 16.8 Å². The lowest BCUT2D eigenvalue weighted by atomic mass is 9.78. The molecule has 0 aliphatic heterocycles. The van der Waals surface area contributed by atoms with Gasteiger partial charge in [-0.05, 0) is 45.6 Å². The molecule has 3 heterocycles. The van der Waals surface area contributed by atoms with Gasteiger partial charge in [0.15, 0.2) is 5.82 Å². The number of aryl methyl sites for hydroxylation is 1. The second kappa shape index (κ2) is 11.2. The lowest BCUT2D eigenvalue weighted by Crippen LogP contribution is -2.36. The normalized spacial score (nSPS) is 19.2. The van der Waals surface area contributed by atoms with E-state index < -0.39 is 18.0 Å². The summed E-state index contributed by atoms with van der Waals surface area (Å²) in [6.45, 7) is 0.879. The van der Waals surface area contributed by atoms with E-state index in [4.69, 9.17) is 4.74 Å². The first-order valence-corrected chi connectivity index (χ1v) is 13.1. The number of rotatable bonds is 8. The molecule has 1 aliphatic carbocycles. The number of benzene rings is 1. The van der Waals surface area contributed by atoms with Crippen molar-refractivity contribution < 1.29 is 32.5 Å². The van der Waals surface area contributed by atoms with E-state index in [1.165, 1.54) is 24.5 Å². The largest absolute Gasteiger partial charge is 0.466 e. The zero-order chi connectivity index (χ0) is 28.4. The van der Waals surface area contributed by atoms with E-state index in [1.807, 2.05) is 0 Å². The van der Waals surface area contributed by atoms with Gasteiger partial charge in [-0.3, -0.25) is 4.79 Å². The fourth-order valence-electron chi connectivity index (χ4n) is 5.22. The molecule has 1 aliphatic rings. The van der Waals surface area contributed by atoms with Gasteiger partial charge in [-0.1, -0.05) is 18.2 Å². The Labute approximate surface area is 228 Å². The Bertz CT molecular complexity index is 1520. The van der Waals surface area contributed by atoms with Gasteiger partial charge in [0.2, 0.25) is 0 Å². The molecule has 1 saturated carbocycles. The molecule has 1 N–H and O–H groups in total. The Morgan fingerprint density at radius 1 is 1.20 bits per heavy atom. The molecule has 0 bridgehead atoms. The van der Waals surface area contributed by atoms with Crippen LogP contribution in [0, 0.1) is 18.7 Å². The Kier molecular flexibility index (Phi) is 7.75. The number of nitrogens with zero attached hydrogens (tertiary/aromatic N) is 4. The Morgan fingerprint density at radius 2 is 1.90 bits per heavy atom. The predicted octanol–water partition coefficient (Wildman–Crippen LogP) is 5.37. The molecule has 0 radical (unpaired) electrons. The van der Waals surface area contributed by atoms with Crippen LogP contribution >= 0.6 is 0 Å². The van der Waals surface area contributed by atoms with Gasteiger partial charge in [-0.15, -0.1) is 0 Å². The lowest BCUT2D eigenvalue weighted by Gasteiger charge is -2.33. The molecule has 5 rings (SSSR count). The molecular formula is C29H29F3N4O4. The number of para-hydroxylation sites is 1. The van der Waals surface area contributed by atoms with Gasteiger partial charge in [-0.2, -0.15) is 8.78 Å². The van der Waals surface area contributed by atoms with Gasteiger partial charge in [-0.25, -0.2) is 19.3 Å². The highest BCUT2D eigenvalue weighted by atomic mass is 19.3. The van der Waals surface area contributed by atoms with Crippen LogP contribution < -0.4 is 4.74 Å². The first-order chi connectivity index (χ1) is 19.2. The van der Waals surface area contributed by atoms with Crippen molar-refractivity contribution in [2.75, 3.05) is 6.61 Å². The summed E-state index contributed by atoms with van der Waals surface area (Å²) in [5, 5.41) is 11.2. The number of ether oxygens (including phenoxy) is 2. The summed E-state index contributed by atoms with van der Waals surface area (Å²) in [7, 11) is 0. The maximum atomic E-state index is 15.2. The molecular weight excluding hydrogens is 525 g/mol. The van der Waals surface area contributed by atoms with Crippen molar-refractivity contribution in [2.24, 2.45) is 5.92 Å². The van der Waals surface area contributed by atoms with Gasteiger partial charge >= 0.3 is 12.6 Å². The first-order valence-electron chi connectivity index (χ1n) is 13.1. The maximum Gasteiger partial charge on any atom is 0.387 e. The van der Waals surface area contributed by atoms with Crippen LogP contribution in [0.15, 0.2) is 48.9 Å². The summed E-state index contributed by atoms with van der Waals surface area (Å²) in [4.78, 5) is 25.2. The average molecular weight is 555 g/mol. The van der Waals surface area contributed by atoms with E-state index in [0.29, 0.717) is 60.5 Å². The molecule has 40 heavy (non-hydrogen) atoms. The summed E-state index contributed by atoms with van der Waals surface area (Å²) in [6.07, 6.45) is 6.26. The molecule has 0 saturated heterocycles. The summed E-state index contributed by atoms with van der Waals surface area (Å²) in [5.74, 6) is -0.773. The highest BCUT2D eigenvalue weighted by Gasteiger charge is 2.39. The van der Waals surface area contributed by atoms with Gasteiger partial charge < -0.3 is 19.0 Å². The van der Waals surface area contributed by atoms with Gasteiger partial charge in [0.05, 0.1) is 18.2 Å². The Hall–Kier alpha value is -3.99. The number of pyridine rings is 1. The van der Waals surface area contributed by atoms with E-state index in [1.54, 1.807) is 42.6 Å². The standard InChI is InChI=1S/C29H29F3N4O4/c1-3-39-26(37)18-8-10-29(38,11-9-18)27-33-14-20(15-34-27)21-16-36-23(17(2)35-25(36)13-22(21)30)12-19-6-4-5-7-24(19)40-28(31)32/h4-7,13-16,18,28,38H,3,8-12H2,1-2H3. The number of aliphatic hydroxyl groups is 1. The fourth-order valence-corrected chi connectivity index (χ4v) is 5.22. The molecule has 1 fully saturated rings. The third kappa shape index (κ3) is 5.51. The average Bonchev–Trinajstić information content (AvgIpc) is 3.23. The molecule has 0 spiro atoms. The van der Waals surface area contributed by atoms with Crippen LogP contribution in [0.2, 0.25) is 0 Å². The van der Waals surface area contributed by atoms with Gasteiger partial charge in [0.1, 0.15) is 22.8 Å². The van der Waals surface area contributed by atoms with Crippen molar-refractivity contribution in [3.63, 3.8) is 0 Å². The van der Waals surface area contributed by atoms with Gasteiger partial charge in [0, 0.05) is 53.5 Å². The number of aromatic nitrogens is 4. The topological polar surface area (TPSA) is 98.8 Å². The predicted molar refractivity (Wildman–Crippen MR) is 139 cm³/mol. The van der Waals surface area contributed by atoms with Crippen molar-refractivity contribution in [1.29, 1.82) is 0 Å². The summed E-state index contributed by atoms with van der Waals surface area (Å²) < 4.78 is 52.5. The van der Waals surface area contributed by atoms with Crippen molar-refractivity contribution in [1.82, 2.24) is 19.4 Å². The van der Waals surface area contributed by atoms with Crippen LogP contribution in [-0.2, 0) is 21.6 Å². The lowest BCUT2D eigenvalue weighted by molar-refractivity contribution is -0.151. The summed E-state index contributed by atoms with van der Waals surface area (Å²) in [5.41, 5.74) is 1.54. The van der Waals surface area contributed by atoms with Crippen LogP contribution in [0.5, 0.6) is 5.75 Å². The number of halogens is 3. The van der Waals surface area contributed by atoms with Gasteiger partial charge in [0.25, 0.3) is 0 Å².